The summed E-state index contributed by atoms with van der Waals surface area (Å²) in [5.74, 6) is -0.627. The van der Waals surface area contributed by atoms with E-state index in [4.69, 9.17) is 0 Å². The molecule has 1 aliphatic heterocycles. The predicted octanol–water partition coefficient (Wildman–Crippen LogP) is 0.691. The Hall–Kier alpha value is -2.37. The van der Waals surface area contributed by atoms with Gasteiger partial charge in [0.1, 0.15) is 6.54 Å². The van der Waals surface area contributed by atoms with E-state index in [1.165, 1.54) is 0 Å². The van der Waals surface area contributed by atoms with Crippen molar-refractivity contribution in [3.8, 4) is 0 Å². The molecule has 104 valence electrons. The van der Waals surface area contributed by atoms with E-state index in [0.29, 0.717) is 0 Å². The fourth-order valence-corrected chi connectivity index (χ4v) is 2.70. The van der Waals surface area contributed by atoms with Crippen molar-refractivity contribution in [3.63, 3.8) is 0 Å². The number of amides is 4. The Morgan fingerprint density at radius 1 is 1.20 bits per heavy atom. The van der Waals surface area contributed by atoms with Crippen molar-refractivity contribution in [1.82, 2.24) is 15.8 Å². The molecule has 3 rings (SSSR count). The summed E-state index contributed by atoms with van der Waals surface area (Å²) in [7, 11) is 0. The summed E-state index contributed by atoms with van der Waals surface area (Å²) in [6, 6.07) is 8.97. The second kappa shape index (κ2) is 4.63. The lowest BCUT2D eigenvalue weighted by Gasteiger charge is -2.41. The van der Waals surface area contributed by atoms with Crippen LogP contribution in [-0.4, -0.2) is 29.4 Å². The van der Waals surface area contributed by atoms with E-state index in [-0.39, 0.29) is 12.5 Å². The Morgan fingerprint density at radius 3 is 2.40 bits per heavy atom. The van der Waals surface area contributed by atoms with Crippen LogP contribution in [0.1, 0.15) is 24.8 Å². The van der Waals surface area contributed by atoms with Crippen LogP contribution in [0.4, 0.5) is 4.79 Å². The van der Waals surface area contributed by atoms with Gasteiger partial charge in [-0.15, -0.1) is 0 Å². The van der Waals surface area contributed by atoms with E-state index >= 15 is 0 Å². The average molecular weight is 273 g/mol. The van der Waals surface area contributed by atoms with Gasteiger partial charge in [-0.2, -0.15) is 0 Å². The van der Waals surface area contributed by atoms with E-state index in [9.17, 15) is 14.4 Å². The first-order valence-electron chi connectivity index (χ1n) is 6.60. The summed E-state index contributed by atoms with van der Waals surface area (Å²) in [6.07, 6.45) is 2.49. The molecule has 1 aromatic carbocycles. The number of hydrogen-bond donors (Lipinski definition) is 2. The maximum absolute atomic E-state index is 12.5. The maximum Gasteiger partial charge on any atom is 0.343 e. The molecule has 0 aromatic heterocycles. The fraction of sp³-hybridized carbons (Fsp3) is 0.357. The van der Waals surface area contributed by atoms with Gasteiger partial charge in [0.05, 0.1) is 5.41 Å². The Bertz CT molecular complexity index is 566. The fourth-order valence-electron chi connectivity index (χ4n) is 2.70. The van der Waals surface area contributed by atoms with Crippen LogP contribution >= 0.6 is 0 Å². The van der Waals surface area contributed by atoms with Gasteiger partial charge in [-0.25, -0.2) is 9.80 Å². The molecule has 2 aliphatic rings. The number of rotatable bonds is 3. The van der Waals surface area contributed by atoms with E-state index in [1.54, 1.807) is 0 Å². The van der Waals surface area contributed by atoms with Crippen molar-refractivity contribution in [3.05, 3.63) is 35.9 Å². The summed E-state index contributed by atoms with van der Waals surface area (Å²) in [6.45, 7) is -0.130. The lowest BCUT2D eigenvalue weighted by atomic mass is 9.64. The van der Waals surface area contributed by atoms with Crippen molar-refractivity contribution in [2.75, 3.05) is 6.54 Å². The van der Waals surface area contributed by atoms with Gasteiger partial charge in [-0.3, -0.25) is 20.3 Å². The van der Waals surface area contributed by atoms with Crippen LogP contribution in [0.3, 0.4) is 0 Å². The zero-order valence-electron chi connectivity index (χ0n) is 10.9. The average Bonchev–Trinajstić information content (AvgIpc) is 2.68. The number of nitrogens with one attached hydrogen (secondary N) is 2. The van der Waals surface area contributed by atoms with Crippen molar-refractivity contribution in [2.24, 2.45) is 0 Å². The highest BCUT2D eigenvalue weighted by molar-refractivity contribution is 6.03. The van der Waals surface area contributed by atoms with E-state index in [1.807, 2.05) is 30.3 Å². The molecule has 0 atom stereocenters. The molecule has 1 saturated carbocycles. The van der Waals surface area contributed by atoms with Crippen molar-refractivity contribution < 1.29 is 14.4 Å². The normalized spacial score (nSPS) is 20.3. The molecule has 6 nitrogen and oxygen atoms in total. The molecule has 0 bridgehead atoms. The molecule has 20 heavy (non-hydrogen) atoms. The summed E-state index contributed by atoms with van der Waals surface area (Å²) in [5, 5.41) is 3.17. The standard InChI is InChI=1S/C14H15N3O3/c18-11-9-17(13(20)15-11)16-12(19)14(7-4-8-14)10-5-2-1-3-6-10/h1-3,5-6H,4,7-9H2,(H,16,19)(H,15,18,20). The number of benzene rings is 1. The largest absolute Gasteiger partial charge is 0.343 e. The minimum absolute atomic E-state index is 0.130. The molecular weight excluding hydrogens is 258 g/mol. The molecule has 0 unspecified atom stereocenters. The van der Waals surface area contributed by atoms with Crippen molar-refractivity contribution in [1.29, 1.82) is 0 Å². The molecule has 0 spiro atoms. The van der Waals surface area contributed by atoms with Gasteiger partial charge in [0, 0.05) is 0 Å². The van der Waals surface area contributed by atoms with Crippen LogP contribution in [0.2, 0.25) is 0 Å². The van der Waals surface area contributed by atoms with Crippen molar-refractivity contribution in [2.45, 2.75) is 24.7 Å². The SMILES string of the molecule is O=C1CN(NC(=O)C2(c3ccccc3)CCC2)C(=O)N1. The molecule has 0 radical (unpaired) electrons. The first-order chi connectivity index (χ1) is 9.62. The Morgan fingerprint density at radius 2 is 1.90 bits per heavy atom. The number of carbonyl (C=O) groups is 3. The number of urea groups is 1. The Kier molecular flexibility index (Phi) is 2.93. The third-order valence-electron chi connectivity index (χ3n) is 4.00. The topological polar surface area (TPSA) is 78.5 Å². The smallest absolute Gasteiger partial charge is 0.275 e. The van der Waals surface area contributed by atoms with Crippen LogP contribution in [0.5, 0.6) is 0 Å². The number of carbonyl (C=O) groups excluding carboxylic acids is 3. The molecule has 6 heteroatoms. The Labute approximate surface area is 116 Å². The van der Waals surface area contributed by atoms with E-state index in [0.717, 1.165) is 29.8 Å². The lowest BCUT2D eigenvalue weighted by Crippen LogP contribution is -2.55. The third-order valence-corrected chi connectivity index (χ3v) is 4.00. The van der Waals surface area contributed by atoms with Crippen LogP contribution in [0, 0.1) is 0 Å². The number of imide groups is 1. The van der Waals surface area contributed by atoms with E-state index in [2.05, 4.69) is 10.7 Å². The second-order valence-electron chi connectivity index (χ2n) is 5.18. The first kappa shape index (κ1) is 12.7. The highest BCUT2D eigenvalue weighted by Crippen LogP contribution is 2.43. The first-order valence-corrected chi connectivity index (χ1v) is 6.60. The second-order valence-corrected chi connectivity index (χ2v) is 5.18. The minimum Gasteiger partial charge on any atom is -0.275 e. The summed E-state index contributed by atoms with van der Waals surface area (Å²) in [5.41, 5.74) is 2.94. The van der Waals surface area contributed by atoms with Crippen molar-refractivity contribution >= 4 is 17.8 Å². The summed E-state index contributed by atoms with van der Waals surface area (Å²) >= 11 is 0. The number of nitrogens with zero attached hydrogens (tertiary/aromatic N) is 1. The Balaban J connectivity index is 1.78. The van der Waals surface area contributed by atoms with Crippen LogP contribution in [-0.2, 0) is 15.0 Å². The van der Waals surface area contributed by atoms with Gasteiger partial charge >= 0.3 is 6.03 Å². The molecule has 4 amide bonds. The molecule has 2 fully saturated rings. The van der Waals surface area contributed by atoms with Crippen LogP contribution in [0.25, 0.3) is 0 Å². The quantitative estimate of drug-likeness (QED) is 0.795. The minimum atomic E-state index is -0.578. The van der Waals surface area contributed by atoms with Gasteiger partial charge in [-0.05, 0) is 18.4 Å². The van der Waals surface area contributed by atoms with Crippen LogP contribution in [0.15, 0.2) is 30.3 Å². The molecule has 1 heterocycles. The van der Waals surface area contributed by atoms with Gasteiger partial charge in [-0.1, -0.05) is 36.8 Å². The third kappa shape index (κ3) is 1.93. The maximum atomic E-state index is 12.5. The molecule has 1 saturated heterocycles. The van der Waals surface area contributed by atoms with Gasteiger partial charge in [0.15, 0.2) is 0 Å². The summed E-state index contributed by atoms with van der Waals surface area (Å²) in [4.78, 5) is 35.1. The molecular formula is C14H15N3O3. The molecule has 1 aliphatic carbocycles. The zero-order chi connectivity index (χ0) is 14.2. The highest BCUT2D eigenvalue weighted by atomic mass is 16.2. The molecule has 2 N–H and O–H groups in total. The number of hydrazine groups is 1. The van der Waals surface area contributed by atoms with E-state index < -0.39 is 17.4 Å². The highest BCUT2D eigenvalue weighted by Gasteiger charge is 2.47. The van der Waals surface area contributed by atoms with Crippen LogP contribution < -0.4 is 10.7 Å². The molecule has 1 aromatic rings. The monoisotopic (exact) mass is 273 g/mol. The van der Waals surface area contributed by atoms with Gasteiger partial charge < -0.3 is 0 Å². The van der Waals surface area contributed by atoms with Gasteiger partial charge in [0.2, 0.25) is 11.8 Å². The lowest BCUT2D eigenvalue weighted by molar-refractivity contribution is -0.133. The zero-order valence-corrected chi connectivity index (χ0v) is 10.9. The van der Waals surface area contributed by atoms with Gasteiger partial charge in [0.25, 0.3) is 0 Å². The number of hydrogen-bond acceptors (Lipinski definition) is 3. The summed E-state index contributed by atoms with van der Waals surface area (Å²) < 4.78 is 0. The predicted molar refractivity (Wildman–Crippen MR) is 70.4 cm³/mol.